The van der Waals surface area contributed by atoms with Gasteiger partial charge in [0.25, 0.3) is 11.8 Å². The van der Waals surface area contributed by atoms with Crippen LogP contribution in [0.25, 0.3) is 0 Å². The SMILES string of the molecule is CC(=O)Oc1ccc(C(=O)N2CC(N3CCN(C(=O)c4ccccc4)CC3)C2)cc1. The molecule has 2 aliphatic heterocycles. The van der Waals surface area contributed by atoms with Crippen LogP contribution in [0.15, 0.2) is 54.6 Å². The van der Waals surface area contributed by atoms with Crippen molar-refractivity contribution in [2.75, 3.05) is 39.3 Å². The Hall–Kier alpha value is -3.19. The molecule has 7 heteroatoms. The summed E-state index contributed by atoms with van der Waals surface area (Å²) in [5.41, 5.74) is 1.31. The number of amides is 2. The quantitative estimate of drug-likeness (QED) is 0.572. The van der Waals surface area contributed by atoms with Crippen molar-refractivity contribution in [1.29, 1.82) is 0 Å². The van der Waals surface area contributed by atoms with Crippen molar-refractivity contribution < 1.29 is 19.1 Å². The number of rotatable bonds is 4. The van der Waals surface area contributed by atoms with Crippen molar-refractivity contribution in [3.05, 3.63) is 65.7 Å². The summed E-state index contributed by atoms with van der Waals surface area (Å²) in [6, 6.07) is 16.3. The standard InChI is InChI=1S/C23H25N3O4/c1-17(27)30-21-9-7-19(8-10-21)23(29)26-15-20(16-26)24-11-13-25(14-12-24)22(28)18-5-3-2-4-6-18/h2-10,20H,11-16H2,1H3. The number of esters is 1. The van der Waals surface area contributed by atoms with Crippen LogP contribution in [0.3, 0.4) is 0 Å². The molecule has 2 heterocycles. The molecule has 0 spiro atoms. The number of carbonyl (C=O) groups is 3. The monoisotopic (exact) mass is 407 g/mol. The molecule has 2 aliphatic rings. The van der Waals surface area contributed by atoms with Gasteiger partial charge >= 0.3 is 5.97 Å². The van der Waals surface area contributed by atoms with Gasteiger partial charge in [-0.1, -0.05) is 18.2 Å². The first kappa shape index (κ1) is 20.1. The van der Waals surface area contributed by atoms with Crippen LogP contribution in [-0.4, -0.2) is 77.8 Å². The first-order chi connectivity index (χ1) is 14.5. The summed E-state index contributed by atoms with van der Waals surface area (Å²) in [7, 11) is 0. The fourth-order valence-corrected chi connectivity index (χ4v) is 3.92. The second-order valence-electron chi connectivity index (χ2n) is 7.68. The molecule has 0 atom stereocenters. The summed E-state index contributed by atoms with van der Waals surface area (Å²) in [4.78, 5) is 42.3. The van der Waals surface area contributed by atoms with E-state index in [0.29, 0.717) is 43.5 Å². The zero-order chi connectivity index (χ0) is 21.1. The van der Waals surface area contributed by atoms with E-state index in [1.54, 1.807) is 24.3 Å². The molecule has 2 amide bonds. The molecule has 2 aromatic carbocycles. The molecule has 0 aliphatic carbocycles. The van der Waals surface area contributed by atoms with Gasteiger partial charge in [0.15, 0.2) is 0 Å². The fraction of sp³-hybridized carbons (Fsp3) is 0.348. The van der Waals surface area contributed by atoms with E-state index in [0.717, 1.165) is 18.7 Å². The van der Waals surface area contributed by atoms with Gasteiger partial charge in [0.05, 0.1) is 0 Å². The van der Waals surface area contributed by atoms with Crippen molar-refractivity contribution in [2.24, 2.45) is 0 Å². The third kappa shape index (κ3) is 4.36. The molecule has 2 saturated heterocycles. The molecule has 156 valence electrons. The number of ether oxygens (including phenoxy) is 1. The van der Waals surface area contributed by atoms with Crippen LogP contribution >= 0.6 is 0 Å². The average molecular weight is 407 g/mol. The Morgan fingerprint density at radius 2 is 1.33 bits per heavy atom. The van der Waals surface area contributed by atoms with E-state index in [-0.39, 0.29) is 17.8 Å². The first-order valence-electron chi connectivity index (χ1n) is 10.2. The van der Waals surface area contributed by atoms with Gasteiger partial charge in [-0.05, 0) is 36.4 Å². The molecule has 0 N–H and O–H groups in total. The second kappa shape index (κ2) is 8.67. The number of nitrogens with zero attached hydrogens (tertiary/aromatic N) is 3. The summed E-state index contributed by atoms with van der Waals surface area (Å²) in [5, 5.41) is 0. The summed E-state index contributed by atoms with van der Waals surface area (Å²) in [6.07, 6.45) is 0. The normalized spacial score (nSPS) is 17.4. The Balaban J connectivity index is 1.24. The molecule has 2 fully saturated rings. The van der Waals surface area contributed by atoms with Crippen molar-refractivity contribution in [3.63, 3.8) is 0 Å². The van der Waals surface area contributed by atoms with Crippen molar-refractivity contribution >= 4 is 17.8 Å². The van der Waals surface area contributed by atoms with E-state index in [4.69, 9.17) is 4.74 Å². The van der Waals surface area contributed by atoms with Crippen LogP contribution in [-0.2, 0) is 4.79 Å². The van der Waals surface area contributed by atoms with Crippen LogP contribution in [0.5, 0.6) is 5.75 Å². The predicted molar refractivity (Wildman–Crippen MR) is 111 cm³/mol. The molecule has 2 aromatic rings. The van der Waals surface area contributed by atoms with Gasteiger partial charge in [-0.25, -0.2) is 0 Å². The zero-order valence-electron chi connectivity index (χ0n) is 17.0. The van der Waals surface area contributed by atoms with Crippen molar-refractivity contribution in [2.45, 2.75) is 13.0 Å². The topological polar surface area (TPSA) is 70.2 Å². The number of hydrogen-bond donors (Lipinski definition) is 0. The predicted octanol–water partition coefficient (Wildman–Crippen LogP) is 1.89. The van der Waals surface area contributed by atoms with E-state index in [9.17, 15) is 14.4 Å². The van der Waals surface area contributed by atoms with Gasteiger partial charge in [0.2, 0.25) is 0 Å². The fourth-order valence-electron chi connectivity index (χ4n) is 3.92. The number of piperazine rings is 1. The van der Waals surface area contributed by atoms with E-state index in [1.807, 2.05) is 40.1 Å². The van der Waals surface area contributed by atoms with Crippen molar-refractivity contribution in [1.82, 2.24) is 14.7 Å². The zero-order valence-corrected chi connectivity index (χ0v) is 17.0. The number of likely N-dealkylation sites (tertiary alicyclic amines) is 1. The summed E-state index contributed by atoms with van der Waals surface area (Å²) >= 11 is 0. The van der Waals surface area contributed by atoms with Crippen LogP contribution in [0.1, 0.15) is 27.6 Å². The van der Waals surface area contributed by atoms with E-state index < -0.39 is 0 Å². The Morgan fingerprint density at radius 1 is 0.767 bits per heavy atom. The minimum Gasteiger partial charge on any atom is -0.427 e. The smallest absolute Gasteiger partial charge is 0.308 e. The highest BCUT2D eigenvalue weighted by Gasteiger charge is 2.36. The Kier molecular flexibility index (Phi) is 5.81. The molecule has 4 rings (SSSR count). The largest absolute Gasteiger partial charge is 0.427 e. The minimum absolute atomic E-state index is 0.0153. The maximum absolute atomic E-state index is 12.6. The number of hydrogen-bond acceptors (Lipinski definition) is 5. The highest BCUT2D eigenvalue weighted by Crippen LogP contribution is 2.21. The van der Waals surface area contributed by atoms with Gasteiger partial charge < -0.3 is 14.5 Å². The summed E-state index contributed by atoms with van der Waals surface area (Å²) in [5.74, 6) is 0.116. The molecule has 7 nitrogen and oxygen atoms in total. The first-order valence-corrected chi connectivity index (χ1v) is 10.2. The molecule has 0 unspecified atom stereocenters. The summed E-state index contributed by atoms with van der Waals surface area (Å²) < 4.78 is 5.00. The lowest BCUT2D eigenvalue weighted by molar-refractivity contribution is -0.131. The molecular formula is C23H25N3O4. The van der Waals surface area contributed by atoms with Crippen molar-refractivity contribution in [3.8, 4) is 5.75 Å². The molecule has 0 radical (unpaired) electrons. The van der Waals surface area contributed by atoms with E-state index in [1.165, 1.54) is 6.92 Å². The number of benzene rings is 2. The molecular weight excluding hydrogens is 382 g/mol. The van der Waals surface area contributed by atoms with Crippen LogP contribution in [0, 0.1) is 0 Å². The van der Waals surface area contributed by atoms with Crippen LogP contribution in [0.4, 0.5) is 0 Å². The lowest BCUT2D eigenvalue weighted by Crippen LogP contribution is -2.64. The average Bonchev–Trinajstić information content (AvgIpc) is 2.73. The highest BCUT2D eigenvalue weighted by atomic mass is 16.5. The van der Waals surface area contributed by atoms with Gasteiger partial charge in [-0.2, -0.15) is 0 Å². The molecule has 0 aromatic heterocycles. The molecule has 0 bridgehead atoms. The lowest BCUT2D eigenvalue weighted by atomic mass is 10.0. The second-order valence-corrected chi connectivity index (χ2v) is 7.68. The molecule has 0 saturated carbocycles. The maximum Gasteiger partial charge on any atom is 0.308 e. The Morgan fingerprint density at radius 3 is 1.93 bits per heavy atom. The Labute approximate surface area is 175 Å². The number of carbonyl (C=O) groups excluding carboxylic acids is 3. The van der Waals surface area contributed by atoms with Gasteiger partial charge in [-0.15, -0.1) is 0 Å². The minimum atomic E-state index is -0.384. The highest BCUT2D eigenvalue weighted by molar-refractivity contribution is 5.95. The Bertz CT molecular complexity index is 915. The van der Waals surface area contributed by atoms with Crippen LogP contribution in [0.2, 0.25) is 0 Å². The van der Waals surface area contributed by atoms with Crippen LogP contribution < -0.4 is 4.74 Å². The van der Waals surface area contributed by atoms with E-state index >= 15 is 0 Å². The maximum atomic E-state index is 12.6. The van der Waals surface area contributed by atoms with Gasteiger partial charge in [0.1, 0.15) is 5.75 Å². The lowest BCUT2D eigenvalue weighted by Gasteiger charge is -2.48. The third-order valence-electron chi connectivity index (χ3n) is 5.65. The van der Waals surface area contributed by atoms with Gasteiger partial charge in [0, 0.05) is 63.4 Å². The molecule has 30 heavy (non-hydrogen) atoms. The van der Waals surface area contributed by atoms with E-state index in [2.05, 4.69) is 4.90 Å². The third-order valence-corrected chi connectivity index (χ3v) is 5.65. The van der Waals surface area contributed by atoms with Gasteiger partial charge in [-0.3, -0.25) is 19.3 Å². The summed E-state index contributed by atoms with van der Waals surface area (Å²) in [6.45, 7) is 5.78.